The molecule has 7 heteroatoms. The molecule has 7 nitrogen and oxygen atoms in total. The van der Waals surface area contributed by atoms with Crippen molar-refractivity contribution in [2.45, 2.75) is 6.92 Å². The van der Waals surface area contributed by atoms with Crippen LogP contribution in [0.2, 0.25) is 0 Å². The number of aryl methyl sites for hydroxylation is 2. The van der Waals surface area contributed by atoms with E-state index in [2.05, 4.69) is 10.1 Å². The van der Waals surface area contributed by atoms with Crippen molar-refractivity contribution in [1.29, 1.82) is 0 Å². The van der Waals surface area contributed by atoms with Crippen molar-refractivity contribution in [3.05, 3.63) is 5.82 Å². The Kier molecular flexibility index (Phi) is 1.96. The minimum atomic E-state index is -0.773. The molecule has 1 aromatic rings. The second-order valence-electron chi connectivity index (χ2n) is 2.29. The van der Waals surface area contributed by atoms with E-state index in [9.17, 15) is 4.79 Å². The molecule has 2 amide bonds. The fraction of sp³-hybridized carbons (Fsp3) is 0.400. The summed E-state index contributed by atoms with van der Waals surface area (Å²) in [5.41, 5.74) is 4.93. The first-order valence-electron chi connectivity index (χ1n) is 3.24. The summed E-state index contributed by atoms with van der Waals surface area (Å²) in [7, 11) is 1.62. The molecule has 0 aliphatic carbocycles. The van der Waals surface area contributed by atoms with Crippen LogP contribution in [0.4, 0.5) is 10.7 Å². The highest BCUT2D eigenvalue weighted by molar-refractivity contribution is 5.87. The molecule has 0 aliphatic heterocycles. The number of nitrogens with zero attached hydrogens (tertiary/aromatic N) is 4. The number of carbonyl (C=O) groups excluding carboxylic acids is 1. The van der Waals surface area contributed by atoms with E-state index < -0.39 is 6.03 Å². The molecule has 0 aliphatic rings. The van der Waals surface area contributed by atoms with Crippen LogP contribution in [0, 0.1) is 6.92 Å². The topological polar surface area (TPSA) is 103 Å². The van der Waals surface area contributed by atoms with Crippen molar-refractivity contribution >= 4 is 12.0 Å². The molecule has 0 aromatic carbocycles. The van der Waals surface area contributed by atoms with Gasteiger partial charge in [-0.1, -0.05) is 0 Å². The normalized spacial score (nSPS) is 9.92. The van der Waals surface area contributed by atoms with Crippen molar-refractivity contribution in [1.82, 2.24) is 14.8 Å². The summed E-state index contributed by atoms with van der Waals surface area (Å²) < 4.78 is 1.38. The maximum Gasteiger partial charge on any atom is 0.336 e. The predicted octanol–water partition coefficient (Wildman–Crippen LogP) is -1.12. The van der Waals surface area contributed by atoms with Crippen molar-refractivity contribution in [3.8, 4) is 0 Å². The molecule has 0 atom stereocenters. The minimum absolute atomic E-state index is 0.222. The maximum absolute atomic E-state index is 10.6. The number of primary amides is 1. The second-order valence-corrected chi connectivity index (χ2v) is 2.29. The molecule has 4 N–H and O–H groups in total. The predicted molar refractivity (Wildman–Crippen MR) is 42.0 cm³/mol. The number of nitrogens with two attached hydrogens (primary N) is 2. The van der Waals surface area contributed by atoms with E-state index in [0.717, 1.165) is 5.01 Å². The van der Waals surface area contributed by atoms with Gasteiger partial charge in [0.05, 0.1) is 0 Å². The monoisotopic (exact) mass is 170 g/mol. The SMILES string of the molecule is Cc1nc(N(N)C(N)=O)n(C)n1. The number of anilines is 1. The van der Waals surface area contributed by atoms with E-state index in [1.807, 2.05) is 0 Å². The summed E-state index contributed by atoms with van der Waals surface area (Å²) in [4.78, 5) is 14.5. The number of rotatable bonds is 1. The van der Waals surface area contributed by atoms with Crippen molar-refractivity contribution < 1.29 is 4.79 Å². The highest BCUT2D eigenvalue weighted by Gasteiger charge is 2.13. The fourth-order valence-electron chi connectivity index (χ4n) is 0.810. The summed E-state index contributed by atoms with van der Waals surface area (Å²) in [5, 5.41) is 4.63. The van der Waals surface area contributed by atoms with E-state index in [4.69, 9.17) is 11.6 Å². The Bertz CT molecular complexity index is 305. The van der Waals surface area contributed by atoms with Gasteiger partial charge in [-0.3, -0.25) is 0 Å². The molecule has 0 unspecified atom stereocenters. The van der Waals surface area contributed by atoms with Crippen LogP contribution < -0.4 is 16.6 Å². The van der Waals surface area contributed by atoms with Gasteiger partial charge in [-0.25, -0.2) is 15.3 Å². The van der Waals surface area contributed by atoms with E-state index in [1.54, 1.807) is 14.0 Å². The van der Waals surface area contributed by atoms with Gasteiger partial charge in [-0.05, 0) is 6.92 Å². The Morgan fingerprint density at radius 2 is 2.25 bits per heavy atom. The Morgan fingerprint density at radius 3 is 2.58 bits per heavy atom. The van der Waals surface area contributed by atoms with Crippen LogP contribution >= 0.6 is 0 Å². The lowest BCUT2D eigenvalue weighted by Crippen LogP contribution is -2.43. The van der Waals surface area contributed by atoms with Gasteiger partial charge in [0.2, 0.25) is 5.95 Å². The zero-order valence-corrected chi connectivity index (χ0v) is 6.85. The molecule has 66 valence electrons. The Labute approximate surface area is 68.9 Å². The van der Waals surface area contributed by atoms with Crippen molar-refractivity contribution in [3.63, 3.8) is 0 Å². The molecular weight excluding hydrogens is 160 g/mol. The number of aromatic nitrogens is 3. The van der Waals surface area contributed by atoms with Crippen LogP contribution in [0.5, 0.6) is 0 Å². The molecule has 1 heterocycles. The van der Waals surface area contributed by atoms with E-state index in [1.165, 1.54) is 4.68 Å². The third kappa shape index (κ3) is 1.35. The van der Waals surface area contributed by atoms with Crippen LogP contribution in [0.1, 0.15) is 5.82 Å². The van der Waals surface area contributed by atoms with Crippen LogP contribution in [-0.2, 0) is 7.05 Å². The van der Waals surface area contributed by atoms with Crippen LogP contribution in [-0.4, -0.2) is 20.8 Å². The molecule has 0 spiro atoms. The molecule has 12 heavy (non-hydrogen) atoms. The van der Waals surface area contributed by atoms with Gasteiger partial charge in [0.25, 0.3) is 0 Å². The molecule has 1 rings (SSSR count). The fourth-order valence-corrected chi connectivity index (χ4v) is 0.810. The first-order valence-corrected chi connectivity index (χ1v) is 3.24. The van der Waals surface area contributed by atoms with Gasteiger partial charge in [-0.2, -0.15) is 15.1 Å². The second kappa shape index (κ2) is 2.78. The lowest BCUT2D eigenvalue weighted by atomic mass is 10.7. The smallest absolute Gasteiger partial charge is 0.336 e. The molecule has 0 bridgehead atoms. The summed E-state index contributed by atoms with van der Waals surface area (Å²) in [6.07, 6.45) is 0. The van der Waals surface area contributed by atoms with Gasteiger partial charge < -0.3 is 5.73 Å². The molecule has 1 aromatic heterocycles. The third-order valence-electron chi connectivity index (χ3n) is 1.30. The summed E-state index contributed by atoms with van der Waals surface area (Å²) in [6, 6.07) is -0.773. The Morgan fingerprint density at radius 1 is 1.67 bits per heavy atom. The van der Waals surface area contributed by atoms with Gasteiger partial charge in [-0.15, -0.1) is 0 Å². The number of hydrazine groups is 1. The third-order valence-corrected chi connectivity index (χ3v) is 1.30. The van der Waals surface area contributed by atoms with E-state index in [-0.39, 0.29) is 5.95 Å². The molecule has 0 saturated carbocycles. The molecular formula is C5H10N6O. The van der Waals surface area contributed by atoms with Crippen LogP contribution in [0.25, 0.3) is 0 Å². The summed E-state index contributed by atoms with van der Waals surface area (Å²) >= 11 is 0. The van der Waals surface area contributed by atoms with Crippen LogP contribution in [0.15, 0.2) is 0 Å². The quantitative estimate of drug-likeness (QED) is 0.316. The first-order chi connectivity index (χ1) is 5.52. The van der Waals surface area contributed by atoms with E-state index >= 15 is 0 Å². The van der Waals surface area contributed by atoms with Gasteiger partial charge >= 0.3 is 6.03 Å². The average Bonchev–Trinajstić information content (AvgIpc) is 2.28. The lowest BCUT2D eigenvalue weighted by Gasteiger charge is -2.10. The number of amides is 2. The number of hydrogen-bond acceptors (Lipinski definition) is 4. The average molecular weight is 170 g/mol. The van der Waals surface area contributed by atoms with Gasteiger partial charge in [0, 0.05) is 7.05 Å². The Hall–Kier alpha value is -1.63. The number of hydrogen-bond donors (Lipinski definition) is 2. The standard InChI is InChI=1S/C5H10N6O/c1-3-8-5(10(2)9-3)11(7)4(6)12/h7H2,1-2H3,(H2,6,12). The van der Waals surface area contributed by atoms with Gasteiger partial charge in [0.1, 0.15) is 5.82 Å². The lowest BCUT2D eigenvalue weighted by molar-refractivity contribution is 0.253. The number of urea groups is 1. The largest absolute Gasteiger partial charge is 0.350 e. The molecule has 0 radical (unpaired) electrons. The first kappa shape index (κ1) is 8.47. The van der Waals surface area contributed by atoms with Crippen molar-refractivity contribution in [2.24, 2.45) is 18.6 Å². The summed E-state index contributed by atoms with van der Waals surface area (Å²) in [6.45, 7) is 1.69. The van der Waals surface area contributed by atoms with Crippen LogP contribution in [0.3, 0.4) is 0 Å². The highest BCUT2D eigenvalue weighted by Crippen LogP contribution is 2.04. The summed E-state index contributed by atoms with van der Waals surface area (Å²) in [5.74, 6) is 6.04. The highest BCUT2D eigenvalue weighted by atomic mass is 16.2. The zero-order chi connectivity index (χ0) is 9.30. The molecule has 0 fully saturated rings. The Balaban J connectivity index is 3.02. The van der Waals surface area contributed by atoms with E-state index in [0.29, 0.717) is 5.82 Å². The van der Waals surface area contributed by atoms with Crippen molar-refractivity contribution in [2.75, 3.05) is 5.01 Å². The minimum Gasteiger partial charge on any atom is -0.350 e. The number of carbonyl (C=O) groups is 1. The zero-order valence-electron chi connectivity index (χ0n) is 6.85. The van der Waals surface area contributed by atoms with Gasteiger partial charge in [0.15, 0.2) is 0 Å². The molecule has 0 saturated heterocycles. The maximum atomic E-state index is 10.6.